The van der Waals surface area contributed by atoms with Gasteiger partial charge in [-0.2, -0.15) is 0 Å². The first-order valence-electron chi connectivity index (χ1n) is 6.97. The summed E-state index contributed by atoms with van der Waals surface area (Å²) in [5, 5.41) is 3.13. The number of esters is 2. The highest BCUT2D eigenvalue weighted by atomic mass is 16.7. The molecule has 1 aromatic rings. The fraction of sp³-hybridized carbons (Fsp3) is 0.375. The number of nitrogens with one attached hydrogen (secondary N) is 1. The van der Waals surface area contributed by atoms with Crippen molar-refractivity contribution in [1.29, 1.82) is 0 Å². The fourth-order valence-electron chi connectivity index (χ4n) is 2.10. The molecular weight excluding hydrogens is 270 g/mol. The largest absolute Gasteiger partial charge is 0.425 e. The van der Waals surface area contributed by atoms with E-state index in [1.54, 1.807) is 6.08 Å². The van der Waals surface area contributed by atoms with Crippen molar-refractivity contribution in [2.45, 2.75) is 26.1 Å². The molecule has 1 heterocycles. The van der Waals surface area contributed by atoms with Gasteiger partial charge in [-0.05, 0) is 18.5 Å². The topological polar surface area (TPSA) is 64.6 Å². The Morgan fingerprint density at radius 3 is 2.62 bits per heavy atom. The predicted molar refractivity (Wildman–Crippen MR) is 77.4 cm³/mol. The second-order valence-electron chi connectivity index (χ2n) is 4.82. The van der Waals surface area contributed by atoms with Crippen molar-refractivity contribution in [3.8, 4) is 0 Å². The van der Waals surface area contributed by atoms with E-state index in [2.05, 4.69) is 5.32 Å². The van der Waals surface area contributed by atoms with Crippen LogP contribution in [0.25, 0.3) is 0 Å². The summed E-state index contributed by atoms with van der Waals surface area (Å²) in [4.78, 5) is 23.2. The maximum Gasteiger partial charge on any atom is 0.336 e. The average molecular weight is 289 g/mol. The summed E-state index contributed by atoms with van der Waals surface area (Å²) in [5.41, 5.74) is 1.56. The molecule has 0 saturated heterocycles. The van der Waals surface area contributed by atoms with Crippen LogP contribution in [0.4, 0.5) is 0 Å². The quantitative estimate of drug-likeness (QED) is 0.658. The van der Waals surface area contributed by atoms with Gasteiger partial charge in [-0.3, -0.25) is 4.79 Å². The van der Waals surface area contributed by atoms with Crippen LogP contribution in [0.3, 0.4) is 0 Å². The second kappa shape index (κ2) is 7.59. The molecule has 1 atom stereocenters. The highest BCUT2D eigenvalue weighted by molar-refractivity contribution is 5.88. The van der Waals surface area contributed by atoms with Gasteiger partial charge in [-0.25, -0.2) is 4.79 Å². The molecule has 0 amide bonds. The Balaban J connectivity index is 2.00. The lowest BCUT2D eigenvalue weighted by molar-refractivity contribution is -0.183. The van der Waals surface area contributed by atoms with Gasteiger partial charge < -0.3 is 14.8 Å². The van der Waals surface area contributed by atoms with E-state index < -0.39 is 18.2 Å². The van der Waals surface area contributed by atoms with Gasteiger partial charge in [0, 0.05) is 25.5 Å². The SMILES string of the molecule is CC(=O)OC(Cc1ccccc1)OC(=O)C1=CCNCC1. The zero-order valence-electron chi connectivity index (χ0n) is 12.0. The Bertz CT molecular complexity index is 524. The fourth-order valence-corrected chi connectivity index (χ4v) is 2.10. The van der Waals surface area contributed by atoms with E-state index >= 15 is 0 Å². The van der Waals surface area contributed by atoms with Crippen LogP contribution in [0.2, 0.25) is 0 Å². The van der Waals surface area contributed by atoms with Crippen molar-refractivity contribution in [1.82, 2.24) is 5.32 Å². The first-order chi connectivity index (χ1) is 10.1. The lowest BCUT2D eigenvalue weighted by Crippen LogP contribution is -2.29. The molecule has 0 saturated carbocycles. The second-order valence-corrected chi connectivity index (χ2v) is 4.82. The van der Waals surface area contributed by atoms with Crippen LogP contribution in [-0.2, 0) is 25.5 Å². The molecule has 21 heavy (non-hydrogen) atoms. The van der Waals surface area contributed by atoms with E-state index in [9.17, 15) is 9.59 Å². The van der Waals surface area contributed by atoms with Crippen molar-refractivity contribution >= 4 is 11.9 Å². The molecule has 1 aliphatic heterocycles. The molecule has 0 aliphatic carbocycles. The number of ether oxygens (including phenoxy) is 2. The maximum absolute atomic E-state index is 12.1. The summed E-state index contributed by atoms with van der Waals surface area (Å²) in [6.07, 6.45) is 1.88. The molecule has 1 aliphatic rings. The van der Waals surface area contributed by atoms with Crippen LogP contribution in [0, 0.1) is 0 Å². The number of benzene rings is 1. The minimum Gasteiger partial charge on any atom is -0.425 e. The number of carbonyl (C=O) groups is 2. The van der Waals surface area contributed by atoms with Crippen LogP contribution >= 0.6 is 0 Å². The number of carbonyl (C=O) groups excluding carboxylic acids is 2. The summed E-state index contributed by atoms with van der Waals surface area (Å²) in [7, 11) is 0. The third kappa shape index (κ3) is 5.04. The first-order valence-corrected chi connectivity index (χ1v) is 6.97. The summed E-state index contributed by atoms with van der Waals surface area (Å²) < 4.78 is 10.4. The smallest absolute Gasteiger partial charge is 0.336 e. The lowest BCUT2D eigenvalue weighted by atomic mass is 10.1. The van der Waals surface area contributed by atoms with E-state index in [-0.39, 0.29) is 0 Å². The van der Waals surface area contributed by atoms with Crippen LogP contribution in [0.15, 0.2) is 42.0 Å². The Morgan fingerprint density at radius 1 is 1.24 bits per heavy atom. The minimum absolute atomic E-state index is 0.345. The van der Waals surface area contributed by atoms with E-state index in [1.807, 2.05) is 30.3 Å². The molecule has 0 aromatic heterocycles. The Kier molecular flexibility index (Phi) is 5.51. The zero-order valence-corrected chi connectivity index (χ0v) is 12.0. The van der Waals surface area contributed by atoms with E-state index in [0.717, 1.165) is 12.1 Å². The Morgan fingerprint density at radius 2 is 2.00 bits per heavy atom. The molecule has 1 unspecified atom stereocenters. The summed E-state index contributed by atoms with van der Waals surface area (Å²) in [6.45, 7) is 2.70. The first kappa shape index (κ1) is 15.3. The van der Waals surface area contributed by atoms with Crippen molar-refractivity contribution in [3.05, 3.63) is 47.5 Å². The monoisotopic (exact) mass is 289 g/mol. The van der Waals surface area contributed by atoms with Gasteiger partial charge in [-0.1, -0.05) is 36.4 Å². The van der Waals surface area contributed by atoms with Gasteiger partial charge in [0.15, 0.2) is 0 Å². The van der Waals surface area contributed by atoms with Crippen molar-refractivity contribution in [3.63, 3.8) is 0 Å². The highest BCUT2D eigenvalue weighted by Crippen LogP contribution is 2.13. The van der Waals surface area contributed by atoms with Crippen LogP contribution in [-0.4, -0.2) is 31.3 Å². The van der Waals surface area contributed by atoms with Crippen molar-refractivity contribution in [2.75, 3.05) is 13.1 Å². The molecule has 2 rings (SSSR count). The molecule has 1 N–H and O–H groups in total. The molecular formula is C16H19NO4. The third-order valence-electron chi connectivity index (χ3n) is 3.11. The summed E-state index contributed by atoms with van der Waals surface area (Å²) in [6, 6.07) is 9.47. The molecule has 5 heteroatoms. The van der Waals surface area contributed by atoms with Gasteiger partial charge in [0.25, 0.3) is 6.29 Å². The lowest BCUT2D eigenvalue weighted by Gasteiger charge is -2.20. The predicted octanol–water partition coefficient (Wildman–Crippen LogP) is 1.58. The zero-order chi connectivity index (χ0) is 15.1. The maximum atomic E-state index is 12.1. The normalized spacial score (nSPS) is 15.8. The van der Waals surface area contributed by atoms with Crippen LogP contribution in [0.1, 0.15) is 18.9 Å². The van der Waals surface area contributed by atoms with E-state index in [1.165, 1.54) is 6.92 Å². The summed E-state index contributed by atoms with van der Waals surface area (Å²) >= 11 is 0. The van der Waals surface area contributed by atoms with Gasteiger partial charge in [0.2, 0.25) is 0 Å². The molecule has 0 radical (unpaired) electrons. The molecule has 0 fully saturated rings. The molecule has 0 bridgehead atoms. The summed E-state index contributed by atoms with van der Waals surface area (Å²) in [5.74, 6) is -0.887. The standard InChI is InChI=1S/C16H19NO4/c1-12(18)20-15(11-13-5-3-2-4-6-13)21-16(19)14-7-9-17-10-8-14/h2-7,15,17H,8-11H2,1H3. The third-order valence-corrected chi connectivity index (χ3v) is 3.11. The highest BCUT2D eigenvalue weighted by Gasteiger charge is 2.21. The van der Waals surface area contributed by atoms with Gasteiger partial charge in [0.05, 0.1) is 0 Å². The van der Waals surface area contributed by atoms with E-state index in [4.69, 9.17) is 9.47 Å². The number of hydrogen-bond acceptors (Lipinski definition) is 5. The van der Waals surface area contributed by atoms with E-state index in [0.29, 0.717) is 25.0 Å². The van der Waals surface area contributed by atoms with Crippen LogP contribution in [0.5, 0.6) is 0 Å². The van der Waals surface area contributed by atoms with Crippen LogP contribution < -0.4 is 5.32 Å². The van der Waals surface area contributed by atoms with Gasteiger partial charge >= 0.3 is 11.9 Å². The van der Waals surface area contributed by atoms with Gasteiger partial charge in [-0.15, -0.1) is 0 Å². The minimum atomic E-state index is -0.895. The molecule has 112 valence electrons. The number of hydrogen-bond donors (Lipinski definition) is 1. The Hall–Kier alpha value is -2.14. The number of rotatable bonds is 5. The average Bonchev–Trinajstić information content (AvgIpc) is 2.48. The molecule has 5 nitrogen and oxygen atoms in total. The van der Waals surface area contributed by atoms with Gasteiger partial charge in [0.1, 0.15) is 0 Å². The van der Waals surface area contributed by atoms with Crippen molar-refractivity contribution in [2.24, 2.45) is 0 Å². The van der Waals surface area contributed by atoms with Crippen molar-refractivity contribution < 1.29 is 19.1 Å². The molecule has 1 aromatic carbocycles. The Labute approximate surface area is 123 Å². The molecule has 0 spiro atoms.